The summed E-state index contributed by atoms with van der Waals surface area (Å²) in [7, 11) is 0. The summed E-state index contributed by atoms with van der Waals surface area (Å²) >= 11 is 5.77. The van der Waals surface area contributed by atoms with Gasteiger partial charge in [0.05, 0.1) is 18.6 Å². The van der Waals surface area contributed by atoms with Gasteiger partial charge in [0.25, 0.3) is 0 Å². The van der Waals surface area contributed by atoms with Crippen molar-refractivity contribution in [3.63, 3.8) is 0 Å². The van der Waals surface area contributed by atoms with Crippen molar-refractivity contribution in [3.8, 4) is 0 Å². The second kappa shape index (κ2) is 4.67. The van der Waals surface area contributed by atoms with Crippen molar-refractivity contribution in [3.05, 3.63) is 17.3 Å². The molecule has 0 atom stereocenters. The van der Waals surface area contributed by atoms with Gasteiger partial charge in [-0.25, -0.2) is 9.97 Å². The van der Waals surface area contributed by atoms with Crippen molar-refractivity contribution in [2.24, 2.45) is 0 Å². The van der Waals surface area contributed by atoms with Gasteiger partial charge in [0.2, 0.25) is 5.28 Å². The number of aryl methyl sites for hydroxylation is 1. The lowest BCUT2D eigenvalue weighted by Crippen LogP contribution is -2.13. The van der Waals surface area contributed by atoms with Gasteiger partial charge >= 0.3 is 5.97 Å². The van der Waals surface area contributed by atoms with Crippen LogP contribution < -0.4 is 0 Å². The van der Waals surface area contributed by atoms with Crippen molar-refractivity contribution in [2.45, 2.75) is 20.4 Å². The van der Waals surface area contributed by atoms with E-state index in [4.69, 9.17) is 16.3 Å². The molecule has 2 heterocycles. The number of rotatable bonds is 3. The smallest absolute Gasteiger partial charge is 0.326 e. The lowest BCUT2D eigenvalue weighted by Gasteiger charge is -2.03. The Hall–Kier alpha value is -1.69. The molecule has 0 fully saturated rings. The van der Waals surface area contributed by atoms with Crippen LogP contribution in [0.3, 0.4) is 0 Å². The molecule has 0 N–H and O–H groups in total. The molecule has 0 spiro atoms. The zero-order valence-corrected chi connectivity index (χ0v) is 10.2. The first-order chi connectivity index (χ1) is 8.11. The number of fused-ring (bicyclic) bond motifs is 1. The molecule has 0 radical (unpaired) electrons. The summed E-state index contributed by atoms with van der Waals surface area (Å²) in [5.74, 6) is -0.334. The van der Waals surface area contributed by atoms with E-state index in [-0.39, 0.29) is 17.8 Å². The van der Waals surface area contributed by atoms with E-state index in [1.54, 1.807) is 18.4 Å². The third-order valence-corrected chi connectivity index (χ3v) is 2.38. The first-order valence-electron chi connectivity index (χ1n) is 5.12. The summed E-state index contributed by atoms with van der Waals surface area (Å²) in [6.07, 6.45) is 1.53. The Morgan fingerprint density at radius 1 is 1.53 bits per heavy atom. The first-order valence-corrected chi connectivity index (χ1v) is 5.50. The molecular weight excluding hydrogens is 244 g/mol. The highest BCUT2D eigenvalue weighted by atomic mass is 35.5. The molecule has 0 saturated carbocycles. The number of nitrogens with zero attached hydrogens (tertiary/aromatic N) is 4. The van der Waals surface area contributed by atoms with Gasteiger partial charge in [0, 0.05) is 0 Å². The molecule has 2 aromatic heterocycles. The molecule has 0 aliphatic rings. The van der Waals surface area contributed by atoms with Crippen LogP contribution in [-0.4, -0.2) is 32.1 Å². The number of hydrogen-bond donors (Lipinski definition) is 0. The molecule has 0 bridgehead atoms. The zero-order valence-electron chi connectivity index (χ0n) is 9.47. The van der Waals surface area contributed by atoms with Crippen LogP contribution in [0.15, 0.2) is 6.33 Å². The predicted molar refractivity (Wildman–Crippen MR) is 61.7 cm³/mol. The molecule has 6 nitrogen and oxygen atoms in total. The Bertz CT molecular complexity index is 567. The molecule has 17 heavy (non-hydrogen) atoms. The van der Waals surface area contributed by atoms with Crippen LogP contribution in [0, 0.1) is 6.92 Å². The van der Waals surface area contributed by atoms with E-state index >= 15 is 0 Å². The number of imidazole rings is 1. The van der Waals surface area contributed by atoms with Crippen LogP contribution in [-0.2, 0) is 16.1 Å². The van der Waals surface area contributed by atoms with E-state index in [1.165, 1.54) is 6.33 Å². The van der Waals surface area contributed by atoms with Gasteiger partial charge in [-0.3, -0.25) is 4.79 Å². The molecule has 2 rings (SSSR count). The maximum absolute atomic E-state index is 11.4. The second-order valence-corrected chi connectivity index (χ2v) is 3.77. The molecular formula is C10H11ClN4O2. The summed E-state index contributed by atoms with van der Waals surface area (Å²) in [5.41, 5.74) is 1.86. The van der Waals surface area contributed by atoms with Crippen molar-refractivity contribution < 1.29 is 9.53 Å². The maximum atomic E-state index is 11.4. The molecule has 0 saturated heterocycles. The van der Waals surface area contributed by atoms with E-state index in [0.29, 0.717) is 23.5 Å². The minimum Gasteiger partial charge on any atom is -0.465 e. The van der Waals surface area contributed by atoms with Crippen molar-refractivity contribution in [1.82, 2.24) is 19.5 Å². The van der Waals surface area contributed by atoms with Crippen LogP contribution in [0.5, 0.6) is 0 Å². The Kier molecular flexibility index (Phi) is 3.23. The van der Waals surface area contributed by atoms with Crippen molar-refractivity contribution in [1.29, 1.82) is 0 Å². The summed E-state index contributed by atoms with van der Waals surface area (Å²) < 4.78 is 6.45. The van der Waals surface area contributed by atoms with Crippen LogP contribution in [0.1, 0.15) is 12.6 Å². The Morgan fingerprint density at radius 2 is 2.29 bits per heavy atom. The zero-order chi connectivity index (χ0) is 12.4. The molecule has 0 unspecified atom stereocenters. The number of aromatic nitrogens is 4. The minimum absolute atomic E-state index is 0.0666. The van der Waals surface area contributed by atoms with Gasteiger partial charge in [-0.15, -0.1) is 0 Å². The first kappa shape index (κ1) is 11.8. The molecule has 0 amide bonds. The predicted octanol–water partition coefficient (Wildman–Crippen LogP) is 1.35. The van der Waals surface area contributed by atoms with E-state index in [0.717, 1.165) is 0 Å². The topological polar surface area (TPSA) is 69.9 Å². The molecule has 0 aliphatic heterocycles. The standard InChI is InChI=1S/C10H11ClN4O2/c1-3-17-7(16)4-15-5-12-8-6(2)13-10(11)14-9(8)15/h5H,3-4H2,1-2H3. The third-order valence-electron chi connectivity index (χ3n) is 2.22. The van der Waals surface area contributed by atoms with E-state index in [9.17, 15) is 4.79 Å². The van der Waals surface area contributed by atoms with E-state index in [1.807, 2.05) is 0 Å². The number of carbonyl (C=O) groups excluding carboxylic acids is 1. The summed E-state index contributed by atoms with van der Waals surface area (Å²) in [5, 5.41) is 0.139. The largest absolute Gasteiger partial charge is 0.465 e. The van der Waals surface area contributed by atoms with Crippen molar-refractivity contribution in [2.75, 3.05) is 6.61 Å². The Labute approximate surface area is 103 Å². The average Bonchev–Trinajstić information content (AvgIpc) is 2.62. The number of halogens is 1. The third kappa shape index (κ3) is 2.36. The van der Waals surface area contributed by atoms with Crippen LogP contribution in [0.2, 0.25) is 5.28 Å². The van der Waals surface area contributed by atoms with Gasteiger partial charge in [0.15, 0.2) is 5.65 Å². The Balaban J connectivity index is 2.39. The van der Waals surface area contributed by atoms with E-state index in [2.05, 4.69) is 15.0 Å². The highest BCUT2D eigenvalue weighted by molar-refractivity contribution is 6.28. The molecule has 7 heteroatoms. The SMILES string of the molecule is CCOC(=O)Cn1cnc2c(C)nc(Cl)nc21. The van der Waals surface area contributed by atoms with Crippen LogP contribution in [0.25, 0.3) is 11.2 Å². The Morgan fingerprint density at radius 3 is 3.00 bits per heavy atom. The average molecular weight is 255 g/mol. The molecule has 2 aromatic rings. The normalized spacial score (nSPS) is 10.8. The fraction of sp³-hybridized carbons (Fsp3) is 0.400. The van der Waals surface area contributed by atoms with Crippen molar-refractivity contribution >= 4 is 28.7 Å². The second-order valence-electron chi connectivity index (χ2n) is 3.43. The minimum atomic E-state index is -0.334. The number of esters is 1. The van der Waals surface area contributed by atoms with Gasteiger partial charge in [-0.1, -0.05) is 0 Å². The van der Waals surface area contributed by atoms with E-state index < -0.39 is 0 Å². The van der Waals surface area contributed by atoms with Gasteiger partial charge in [-0.2, -0.15) is 4.98 Å². The highest BCUT2D eigenvalue weighted by Crippen LogP contribution is 2.15. The number of carbonyl (C=O) groups is 1. The highest BCUT2D eigenvalue weighted by Gasteiger charge is 2.12. The van der Waals surface area contributed by atoms with Crippen LogP contribution in [0.4, 0.5) is 0 Å². The fourth-order valence-electron chi connectivity index (χ4n) is 1.51. The summed E-state index contributed by atoms with van der Waals surface area (Å²) in [4.78, 5) is 23.6. The number of hydrogen-bond acceptors (Lipinski definition) is 5. The monoisotopic (exact) mass is 254 g/mol. The quantitative estimate of drug-likeness (QED) is 0.611. The summed E-state index contributed by atoms with van der Waals surface area (Å²) in [6.45, 7) is 3.96. The maximum Gasteiger partial charge on any atom is 0.326 e. The lowest BCUT2D eigenvalue weighted by molar-refractivity contribution is -0.143. The molecule has 90 valence electrons. The van der Waals surface area contributed by atoms with Crippen LogP contribution >= 0.6 is 11.6 Å². The van der Waals surface area contributed by atoms with Gasteiger partial charge in [-0.05, 0) is 25.4 Å². The van der Waals surface area contributed by atoms with Gasteiger partial charge < -0.3 is 9.30 Å². The molecule has 0 aliphatic carbocycles. The number of ether oxygens (including phenoxy) is 1. The molecule has 0 aromatic carbocycles. The lowest BCUT2D eigenvalue weighted by atomic mass is 10.4. The summed E-state index contributed by atoms with van der Waals surface area (Å²) in [6, 6.07) is 0. The van der Waals surface area contributed by atoms with Gasteiger partial charge in [0.1, 0.15) is 12.1 Å². The fourth-order valence-corrected chi connectivity index (χ4v) is 1.72.